The number of hydrogen-bond acceptors (Lipinski definition) is 2. The zero-order chi connectivity index (χ0) is 14.2. The third-order valence-corrected chi connectivity index (χ3v) is 5.81. The number of aryl methyl sites for hydroxylation is 1. The molecule has 1 saturated heterocycles. The van der Waals surface area contributed by atoms with Crippen LogP contribution in [-0.4, -0.2) is 18.6 Å². The fourth-order valence-electron chi connectivity index (χ4n) is 4.37. The molecule has 0 bridgehead atoms. The second-order valence-corrected chi connectivity index (χ2v) is 7.36. The van der Waals surface area contributed by atoms with Crippen molar-refractivity contribution >= 4 is 5.69 Å². The Kier molecular flexibility index (Phi) is 3.66. The Morgan fingerprint density at radius 3 is 2.76 bits per heavy atom. The molecule has 3 aliphatic rings. The smallest absolute Gasteiger partial charge is 0.0371 e. The predicted octanol–water partition coefficient (Wildman–Crippen LogP) is 4.02. The molecule has 2 saturated carbocycles. The van der Waals surface area contributed by atoms with Crippen molar-refractivity contribution in [2.45, 2.75) is 70.5 Å². The van der Waals surface area contributed by atoms with Gasteiger partial charge in [0, 0.05) is 30.9 Å². The first-order valence-electron chi connectivity index (χ1n) is 8.91. The van der Waals surface area contributed by atoms with Gasteiger partial charge in [0.25, 0.3) is 0 Å². The van der Waals surface area contributed by atoms with E-state index in [-0.39, 0.29) is 0 Å². The molecule has 114 valence electrons. The van der Waals surface area contributed by atoms with Crippen LogP contribution in [0.4, 0.5) is 5.69 Å². The molecule has 1 aromatic carbocycles. The number of nitrogens with zero attached hydrogens (tertiary/aromatic N) is 1. The Morgan fingerprint density at radius 1 is 1.10 bits per heavy atom. The third-order valence-electron chi connectivity index (χ3n) is 5.81. The first-order chi connectivity index (χ1) is 10.3. The summed E-state index contributed by atoms with van der Waals surface area (Å²) < 4.78 is 0. The maximum absolute atomic E-state index is 3.64. The standard InChI is InChI=1S/C19H28N2/c1-14-12-18(10-7-16(14)13-20-17-8-9-17)21-11-3-5-15-4-2-6-19(15)21/h7,10,12,15,17,19-20H,2-6,8-9,11,13H2,1H3. The number of nitrogens with one attached hydrogen (secondary N) is 1. The summed E-state index contributed by atoms with van der Waals surface area (Å²) in [6, 6.07) is 8.79. The van der Waals surface area contributed by atoms with Gasteiger partial charge < -0.3 is 10.2 Å². The van der Waals surface area contributed by atoms with Crippen LogP contribution in [0.2, 0.25) is 0 Å². The van der Waals surface area contributed by atoms with Crippen molar-refractivity contribution in [2.75, 3.05) is 11.4 Å². The molecule has 2 atom stereocenters. The minimum absolute atomic E-state index is 0.797. The van der Waals surface area contributed by atoms with E-state index in [0.29, 0.717) is 0 Å². The van der Waals surface area contributed by atoms with Gasteiger partial charge in [-0.2, -0.15) is 0 Å². The summed E-state index contributed by atoms with van der Waals surface area (Å²) in [6.45, 7) is 4.59. The van der Waals surface area contributed by atoms with Gasteiger partial charge >= 0.3 is 0 Å². The van der Waals surface area contributed by atoms with Gasteiger partial charge in [-0.1, -0.05) is 12.5 Å². The van der Waals surface area contributed by atoms with Crippen molar-refractivity contribution in [3.05, 3.63) is 29.3 Å². The van der Waals surface area contributed by atoms with Crippen LogP contribution in [0.5, 0.6) is 0 Å². The number of anilines is 1. The molecule has 2 unspecified atom stereocenters. The maximum Gasteiger partial charge on any atom is 0.0371 e. The Morgan fingerprint density at radius 2 is 1.95 bits per heavy atom. The summed E-state index contributed by atoms with van der Waals surface area (Å²) >= 11 is 0. The molecular formula is C19H28N2. The lowest BCUT2D eigenvalue weighted by atomic mass is 9.91. The van der Waals surface area contributed by atoms with Crippen LogP contribution in [0.15, 0.2) is 18.2 Å². The van der Waals surface area contributed by atoms with E-state index >= 15 is 0 Å². The second-order valence-electron chi connectivity index (χ2n) is 7.36. The van der Waals surface area contributed by atoms with Gasteiger partial charge in [0.15, 0.2) is 0 Å². The number of rotatable bonds is 4. The van der Waals surface area contributed by atoms with Gasteiger partial charge in [-0.05, 0) is 74.6 Å². The summed E-state index contributed by atoms with van der Waals surface area (Å²) in [4.78, 5) is 2.71. The molecule has 1 aliphatic heterocycles. The lowest BCUT2D eigenvalue weighted by Crippen LogP contribution is -2.42. The minimum Gasteiger partial charge on any atom is -0.368 e. The van der Waals surface area contributed by atoms with Gasteiger partial charge in [0.2, 0.25) is 0 Å². The van der Waals surface area contributed by atoms with Gasteiger partial charge in [0.1, 0.15) is 0 Å². The summed E-state index contributed by atoms with van der Waals surface area (Å²) in [5.74, 6) is 0.968. The summed E-state index contributed by atoms with van der Waals surface area (Å²) in [5.41, 5.74) is 4.41. The van der Waals surface area contributed by atoms with E-state index in [1.165, 1.54) is 68.3 Å². The first-order valence-corrected chi connectivity index (χ1v) is 8.91. The van der Waals surface area contributed by atoms with E-state index in [0.717, 1.165) is 24.5 Å². The molecule has 0 amide bonds. The number of benzene rings is 1. The van der Waals surface area contributed by atoms with Crippen LogP contribution < -0.4 is 10.2 Å². The lowest BCUT2D eigenvalue weighted by Gasteiger charge is -2.39. The largest absolute Gasteiger partial charge is 0.368 e. The van der Waals surface area contributed by atoms with Crippen molar-refractivity contribution < 1.29 is 0 Å². The molecule has 1 N–H and O–H groups in total. The molecular weight excluding hydrogens is 256 g/mol. The molecule has 2 nitrogen and oxygen atoms in total. The van der Waals surface area contributed by atoms with E-state index in [9.17, 15) is 0 Å². The minimum atomic E-state index is 0.797. The van der Waals surface area contributed by atoms with Crippen LogP contribution >= 0.6 is 0 Å². The molecule has 2 heteroatoms. The van der Waals surface area contributed by atoms with E-state index in [1.807, 2.05) is 0 Å². The summed E-state index contributed by atoms with van der Waals surface area (Å²) in [5, 5.41) is 3.64. The fourth-order valence-corrected chi connectivity index (χ4v) is 4.37. The zero-order valence-electron chi connectivity index (χ0n) is 13.3. The van der Waals surface area contributed by atoms with Crippen molar-refractivity contribution in [3.63, 3.8) is 0 Å². The van der Waals surface area contributed by atoms with Gasteiger partial charge in [0.05, 0.1) is 0 Å². The molecule has 1 aromatic rings. The average molecular weight is 284 g/mol. The molecule has 0 radical (unpaired) electrons. The zero-order valence-corrected chi connectivity index (χ0v) is 13.3. The normalized spacial score (nSPS) is 28.7. The van der Waals surface area contributed by atoms with E-state index in [4.69, 9.17) is 0 Å². The van der Waals surface area contributed by atoms with Gasteiger partial charge in [-0.3, -0.25) is 0 Å². The highest BCUT2D eigenvalue weighted by atomic mass is 15.2. The molecule has 2 aliphatic carbocycles. The number of piperidine rings is 1. The highest BCUT2D eigenvalue weighted by Crippen LogP contribution is 2.39. The quantitative estimate of drug-likeness (QED) is 0.898. The van der Waals surface area contributed by atoms with E-state index in [2.05, 4.69) is 35.3 Å². The molecule has 0 spiro atoms. The SMILES string of the molecule is Cc1cc(N2CCCC3CCCC32)ccc1CNC1CC1. The third kappa shape index (κ3) is 2.83. The number of hydrogen-bond donors (Lipinski definition) is 1. The molecule has 21 heavy (non-hydrogen) atoms. The van der Waals surface area contributed by atoms with Crippen LogP contribution in [0.1, 0.15) is 56.1 Å². The molecule has 3 fully saturated rings. The van der Waals surface area contributed by atoms with E-state index in [1.54, 1.807) is 0 Å². The van der Waals surface area contributed by atoms with Crippen molar-refractivity contribution in [1.29, 1.82) is 0 Å². The fraction of sp³-hybridized carbons (Fsp3) is 0.684. The first kappa shape index (κ1) is 13.6. The van der Waals surface area contributed by atoms with Crippen LogP contribution in [0, 0.1) is 12.8 Å². The summed E-state index contributed by atoms with van der Waals surface area (Å²) in [6.07, 6.45) is 9.89. The van der Waals surface area contributed by atoms with Crippen LogP contribution in [0.25, 0.3) is 0 Å². The Hall–Kier alpha value is -1.02. The Labute approximate surface area is 128 Å². The molecule has 0 aromatic heterocycles. The second kappa shape index (κ2) is 5.64. The topological polar surface area (TPSA) is 15.3 Å². The Bertz CT molecular complexity index is 506. The molecule has 4 rings (SSSR count). The average Bonchev–Trinajstić information content (AvgIpc) is 3.20. The number of fused-ring (bicyclic) bond motifs is 1. The summed E-state index contributed by atoms with van der Waals surface area (Å²) in [7, 11) is 0. The maximum atomic E-state index is 3.64. The van der Waals surface area contributed by atoms with Crippen LogP contribution in [0.3, 0.4) is 0 Å². The highest BCUT2D eigenvalue weighted by molar-refractivity contribution is 5.52. The lowest BCUT2D eigenvalue weighted by molar-refractivity contribution is 0.362. The van der Waals surface area contributed by atoms with Crippen molar-refractivity contribution in [1.82, 2.24) is 5.32 Å². The van der Waals surface area contributed by atoms with E-state index < -0.39 is 0 Å². The highest BCUT2D eigenvalue weighted by Gasteiger charge is 2.35. The van der Waals surface area contributed by atoms with Crippen molar-refractivity contribution in [3.8, 4) is 0 Å². The Balaban J connectivity index is 1.50. The molecule has 1 heterocycles. The van der Waals surface area contributed by atoms with Crippen LogP contribution in [-0.2, 0) is 6.54 Å². The van der Waals surface area contributed by atoms with Crippen molar-refractivity contribution in [2.24, 2.45) is 5.92 Å². The van der Waals surface area contributed by atoms with Gasteiger partial charge in [-0.15, -0.1) is 0 Å². The monoisotopic (exact) mass is 284 g/mol. The predicted molar refractivity (Wildman–Crippen MR) is 88.7 cm³/mol. The van der Waals surface area contributed by atoms with Gasteiger partial charge in [-0.25, -0.2) is 0 Å².